The van der Waals surface area contributed by atoms with Crippen molar-refractivity contribution in [2.75, 3.05) is 25.5 Å². The highest BCUT2D eigenvalue weighted by molar-refractivity contribution is 7.19. The summed E-state index contributed by atoms with van der Waals surface area (Å²) in [5.41, 5.74) is 4.72. The van der Waals surface area contributed by atoms with Crippen molar-refractivity contribution >= 4 is 49.9 Å². The molecule has 186 valence electrons. The average Bonchev–Trinajstić information content (AvgIpc) is 3.50. The van der Waals surface area contributed by atoms with E-state index < -0.39 is 0 Å². The monoisotopic (exact) mass is 508 g/mol. The van der Waals surface area contributed by atoms with Crippen LogP contribution < -0.4 is 10.6 Å². The molecule has 0 radical (unpaired) electrons. The molecular weight excluding hydrogens is 480 g/mol. The summed E-state index contributed by atoms with van der Waals surface area (Å²) in [5, 5.41) is 8.83. The van der Waals surface area contributed by atoms with E-state index in [1.807, 2.05) is 24.1 Å². The van der Waals surface area contributed by atoms with Crippen molar-refractivity contribution in [1.82, 2.24) is 24.8 Å². The van der Waals surface area contributed by atoms with Gasteiger partial charge in [-0.3, -0.25) is 4.79 Å². The molecule has 4 heterocycles. The average molecular weight is 509 g/mol. The molecule has 0 atom stereocenters. The summed E-state index contributed by atoms with van der Waals surface area (Å²) in [6.45, 7) is 2.83. The molecule has 2 N–H and O–H groups in total. The zero-order valence-electron chi connectivity index (χ0n) is 20.6. The SMILES string of the molecule is CNC/C=C/C(=O)N1CCc2c(sc3ncnc(Nc4ccc5c(ccn5Cc5ccccc5)c4)c23)C1. The molecule has 1 aliphatic heterocycles. The fraction of sp³-hybridized carbons (Fsp3) is 0.207. The predicted octanol–water partition coefficient (Wildman–Crippen LogP) is 5.10. The van der Waals surface area contributed by atoms with Crippen LogP contribution in [0.2, 0.25) is 0 Å². The molecular formula is C29H28N6OS. The second-order valence-corrected chi connectivity index (χ2v) is 10.3. The van der Waals surface area contributed by atoms with Crippen molar-refractivity contribution in [3.63, 3.8) is 0 Å². The van der Waals surface area contributed by atoms with E-state index in [1.165, 1.54) is 26.9 Å². The van der Waals surface area contributed by atoms with E-state index in [9.17, 15) is 4.79 Å². The van der Waals surface area contributed by atoms with E-state index >= 15 is 0 Å². The number of nitrogens with one attached hydrogen (secondary N) is 2. The fourth-order valence-electron chi connectivity index (χ4n) is 4.93. The van der Waals surface area contributed by atoms with Gasteiger partial charge in [0, 0.05) is 53.4 Å². The zero-order valence-corrected chi connectivity index (χ0v) is 21.5. The first-order chi connectivity index (χ1) is 18.2. The van der Waals surface area contributed by atoms with Gasteiger partial charge in [-0.25, -0.2) is 9.97 Å². The molecule has 0 bridgehead atoms. The van der Waals surface area contributed by atoms with Crippen LogP contribution in [0, 0.1) is 0 Å². The van der Waals surface area contributed by atoms with Gasteiger partial charge in [0.15, 0.2) is 0 Å². The Labute approximate surface area is 219 Å². The number of fused-ring (bicyclic) bond motifs is 4. The third-order valence-electron chi connectivity index (χ3n) is 6.76. The summed E-state index contributed by atoms with van der Waals surface area (Å²) in [7, 11) is 1.87. The van der Waals surface area contributed by atoms with E-state index in [1.54, 1.807) is 23.7 Å². The number of rotatable bonds is 7. The predicted molar refractivity (Wildman–Crippen MR) is 150 cm³/mol. The van der Waals surface area contributed by atoms with E-state index in [0.717, 1.165) is 34.7 Å². The van der Waals surface area contributed by atoms with Crippen LogP contribution in [0.4, 0.5) is 11.5 Å². The minimum absolute atomic E-state index is 0.0512. The van der Waals surface area contributed by atoms with Gasteiger partial charge in [0.25, 0.3) is 0 Å². The zero-order chi connectivity index (χ0) is 25.2. The highest BCUT2D eigenvalue weighted by Gasteiger charge is 2.25. The standard InChI is InChI=1S/C29H28N6OS/c1-30-13-5-8-26(36)35-15-12-23-25(18-35)37-29-27(23)28(31-19-32-29)33-22-9-10-24-21(16-22)11-14-34(24)17-20-6-3-2-4-7-20/h2-11,14,16,19,30H,12-13,15,17-18H2,1H3,(H,31,32,33)/b8-5+. The van der Waals surface area contributed by atoms with Gasteiger partial charge in [-0.1, -0.05) is 36.4 Å². The van der Waals surface area contributed by atoms with E-state index in [0.29, 0.717) is 19.6 Å². The smallest absolute Gasteiger partial charge is 0.246 e. The summed E-state index contributed by atoms with van der Waals surface area (Å²) in [6.07, 6.45) is 8.07. The maximum Gasteiger partial charge on any atom is 0.246 e. The summed E-state index contributed by atoms with van der Waals surface area (Å²) in [4.78, 5) is 25.8. The maximum atomic E-state index is 12.6. The molecule has 0 saturated carbocycles. The van der Waals surface area contributed by atoms with E-state index in [2.05, 4.69) is 79.9 Å². The second-order valence-electron chi connectivity index (χ2n) is 9.20. The number of benzene rings is 2. The lowest BCUT2D eigenvalue weighted by Crippen LogP contribution is -2.34. The molecule has 6 rings (SSSR count). The molecule has 0 fully saturated rings. The van der Waals surface area contributed by atoms with Crippen molar-refractivity contribution < 1.29 is 4.79 Å². The van der Waals surface area contributed by atoms with Crippen molar-refractivity contribution in [1.29, 1.82) is 0 Å². The van der Waals surface area contributed by atoms with Crippen LogP contribution in [-0.2, 0) is 24.3 Å². The van der Waals surface area contributed by atoms with Crippen LogP contribution in [0.15, 0.2) is 79.3 Å². The number of thiophene rings is 1. The van der Waals surface area contributed by atoms with Gasteiger partial charge < -0.3 is 20.1 Å². The normalized spacial score (nSPS) is 13.5. The fourth-order valence-corrected chi connectivity index (χ4v) is 6.13. The quantitative estimate of drug-likeness (QED) is 0.299. The number of likely N-dealkylation sites (N-methyl/N-ethyl adjacent to an activating group) is 1. The molecule has 7 nitrogen and oxygen atoms in total. The number of carbonyl (C=O) groups excluding carboxylic acids is 1. The molecule has 3 aromatic heterocycles. The molecule has 37 heavy (non-hydrogen) atoms. The van der Waals surface area contributed by atoms with Gasteiger partial charge >= 0.3 is 0 Å². The lowest BCUT2D eigenvalue weighted by atomic mass is 10.0. The lowest BCUT2D eigenvalue weighted by Gasteiger charge is -2.26. The Kier molecular flexibility index (Phi) is 6.42. The first-order valence-electron chi connectivity index (χ1n) is 12.4. The number of anilines is 2. The Morgan fingerprint density at radius 1 is 1.14 bits per heavy atom. The van der Waals surface area contributed by atoms with Crippen LogP contribution in [0.1, 0.15) is 16.0 Å². The molecule has 1 amide bonds. The third kappa shape index (κ3) is 4.73. The van der Waals surface area contributed by atoms with Crippen LogP contribution in [0.5, 0.6) is 0 Å². The Bertz CT molecular complexity index is 1600. The minimum Gasteiger partial charge on any atom is -0.343 e. The van der Waals surface area contributed by atoms with Crippen LogP contribution in [-0.4, -0.2) is 45.5 Å². The summed E-state index contributed by atoms with van der Waals surface area (Å²) in [6, 6.07) is 19.1. The van der Waals surface area contributed by atoms with E-state index in [4.69, 9.17) is 0 Å². The van der Waals surface area contributed by atoms with Gasteiger partial charge in [0.1, 0.15) is 17.0 Å². The van der Waals surface area contributed by atoms with Crippen LogP contribution in [0.3, 0.4) is 0 Å². The van der Waals surface area contributed by atoms with Crippen molar-refractivity contribution in [2.45, 2.75) is 19.5 Å². The number of hydrogen-bond acceptors (Lipinski definition) is 6. The summed E-state index contributed by atoms with van der Waals surface area (Å²) < 4.78 is 2.27. The summed E-state index contributed by atoms with van der Waals surface area (Å²) in [5.74, 6) is 0.870. The molecule has 1 aliphatic rings. The molecule has 0 saturated heterocycles. The van der Waals surface area contributed by atoms with E-state index in [-0.39, 0.29) is 5.91 Å². The number of carbonyl (C=O) groups is 1. The first-order valence-corrected chi connectivity index (χ1v) is 13.3. The van der Waals surface area contributed by atoms with Crippen LogP contribution >= 0.6 is 11.3 Å². The molecule has 0 spiro atoms. The second kappa shape index (κ2) is 10.2. The lowest BCUT2D eigenvalue weighted by molar-refractivity contribution is -0.126. The van der Waals surface area contributed by atoms with Gasteiger partial charge in [-0.05, 0) is 48.9 Å². The molecule has 0 unspecified atom stereocenters. The van der Waals surface area contributed by atoms with Gasteiger partial charge in [0.2, 0.25) is 5.91 Å². The number of nitrogens with zero attached hydrogens (tertiary/aromatic N) is 4. The topological polar surface area (TPSA) is 75.1 Å². The third-order valence-corrected chi connectivity index (χ3v) is 7.89. The number of aromatic nitrogens is 3. The molecule has 8 heteroatoms. The molecule has 2 aromatic carbocycles. The Hall–Kier alpha value is -4.01. The largest absolute Gasteiger partial charge is 0.343 e. The van der Waals surface area contributed by atoms with Gasteiger partial charge in [-0.2, -0.15) is 0 Å². The first kappa shape index (κ1) is 23.4. The number of amides is 1. The highest BCUT2D eigenvalue weighted by atomic mass is 32.1. The number of hydrogen-bond donors (Lipinski definition) is 2. The Morgan fingerprint density at radius 3 is 2.89 bits per heavy atom. The van der Waals surface area contributed by atoms with Gasteiger partial charge in [0.05, 0.1) is 11.9 Å². The highest BCUT2D eigenvalue weighted by Crippen LogP contribution is 2.38. The van der Waals surface area contributed by atoms with Crippen molar-refractivity contribution in [2.24, 2.45) is 0 Å². The minimum atomic E-state index is 0.0512. The molecule has 0 aliphatic carbocycles. The maximum absolute atomic E-state index is 12.6. The van der Waals surface area contributed by atoms with Gasteiger partial charge in [-0.15, -0.1) is 11.3 Å². The van der Waals surface area contributed by atoms with Crippen LogP contribution in [0.25, 0.3) is 21.1 Å². The Morgan fingerprint density at radius 2 is 2.03 bits per heavy atom. The van der Waals surface area contributed by atoms with Crippen molar-refractivity contribution in [3.8, 4) is 0 Å². The molecule has 5 aromatic rings. The van der Waals surface area contributed by atoms with Crippen molar-refractivity contribution in [3.05, 3.63) is 95.3 Å². The Balaban J connectivity index is 1.25. The summed E-state index contributed by atoms with van der Waals surface area (Å²) >= 11 is 1.66.